The Hall–Kier alpha value is -2.97. The fourth-order valence-corrected chi connectivity index (χ4v) is 2.87. The first-order valence-electron chi connectivity index (χ1n) is 8.36. The monoisotopic (exact) mass is 403 g/mol. The summed E-state index contributed by atoms with van der Waals surface area (Å²) in [5.74, 6) is -1.18. The smallest absolute Gasteiger partial charge is 0.337 e. The van der Waals surface area contributed by atoms with Gasteiger partial charge in [0.15, 0.2) is 0 Å². The SMILES string of the molecule is COC(=O)c1ccc(COC(=O)CNS(=O)(=O)C=Cc2ccc(C)cc2)cc1. The van der Waals surface area contributed by atoms with Crippen LogP contribution in [-0.2, 0) is 30.9 Å². The zero-order valence-electron chi connectivity index (χ0n) is 15.5. The normalized spacial score (nSPS) is 11.4. The summed E-state index contributed by atoms with van der Waals surface area (Å²) in [7, 11) is -2.48. The molecule has 0 aromatic heterocycles. The van der Waals surface area contributed by atoms with Crippen molar-refractivity contribution in [1.29, 1.82) is 0 Å². The molecule has 0 radical (unpaired) electrons. The summed E-state index contributed by atoms with van der Waals surface area (Å²) in [5, 5.41) is 0.997. The predicted octanol–water partition coefficient (Wildman–Crippen LogP) is 2.42. The number of carbonyl (C=O) groups is 2. The molecule has 0 atom stereocenters. The predicted molar refractivity (Wildman–Crippen MR) is 105 cm³/mol. The van der Waals surface area contributed by atoms with Gasteiger partial charge in [0.2, 0.25) is 10.0 Å². The Morgan fingerprint density at radius 1 is 1.04 bits per heavy atom. The highest BCUT2D eigenvalue weighted by atomic mass is 32.2. The second-order valence-electron chi connectivity index (χ2n) is 5.93. The standard InChI is InChI=1S/C20H21NO6S/c1-15-3-5-16(6-4-15)11-12-28(24,25)21-13-19(22)27-14-17-7-9-18(10-8-17)20(23)26-2/h3-12,21H,13-14H2,1-2H3. The molecule has 0 fully saturated rings. The van der Waals surface area contributed by atoms with Crippen LogP contribution in [0.15, 0.2) is 53.9 Å². The molecule has 1 N–H and O–H groups in total. The molecule has 28 heavy (non-hydrogen) atoms. The molecule has 148 valence electrons. The van der Waals surface area contributed by atoms with Crippen LogP contribution in [0, 0.1) is 6.92 Å². The van der Waals surface area contributed by atoms with Gasteiger partial charge in [-0.05, 0) is 36.3 Å². The third kappa shape index (κ3) is 6.98. The highest BCUT2D eigenvalue weighted by molar-refractivity contribution is 7.92. The van der Waals surface area contributed by atoms with Gasteiger partial charge in [0.05, 0.1) is 12.7 Å². The first-order chi connectivity index (χ1) is 13.3. The van der Waals surface area contributed by atoms with Gasteiger partial charge >= 0.3 is 11.9 Å². The second-order valence-corrected chi connectivity index (χ2v) is 7.58. The number of ether oxygens (including phenoxy) is 2. The van der Waals surface area contributed by atoms with Crippen LogP contribution in [0.25, 0.3) is 6.08 Å². The maximum atomic E-state index is 11.9. The van der Waals surface area contributed by atoms with Crippen LogP contribution in [0.1, 0.15) is 27.0 Å². The summed E-state index contributed by atoms with van der Waals surface area (Å²) in [6, 6.07) is 13.7. The molecular formula is C20H21NO6S. The van der Waals surface area contributed by atoms with E-state index in [4.69, 9.17) is 4.74 Å². The van der Waals surface area contributed by atoms with Crippen molar-refractivity contribution in [3.05, 3.63) is 76.2 Å². The molecule has 0 saturated carbocycles. The highest BCUT2D eigenvalue weighted by Gasteiger charge is 2.10. The molecule has 0 spiro atoms. The van der Waals surface area contributed by atoms with E-state index in [0.717, 1.165) is 16.5 Å². The van der Waals surface area contributed by atoms with E-state index in [1.165, 1.54) is 13.2 Å². The lowest BCUT2D eigenvalue weighted by atomic mass is 10.1. The minimum Gasteiger partial charge on any atom is -0.465 e. The fourth-order valence-electron chi connectivity index (χ4n) is 2.12. The summed E-state index contributed by atoms with van der Waals surface area (Å²) in [5.41, 5.74) is 2.84. The average Bonchev–Trinajstić information content (AvgIpc) is 2.70. The fraction of sp³-hybridized carbons (Fsp3) is 0.200. The number of hydrogen-bond acceptors (Lipinski definition) is 6. The number of carbonyl (C=O) groups excluding carboxylic acids is 2. The number of methoxy groups -OCH3 is 1. The van der Waals surface area contributed by atoms with Gasteiger partial charge < -0.3 is 9.47 Å². The van der Waals surface area contributed by atoms with Gasteiger partial charge in [0, 0.05) is 5.41 Å². The van der Waals surface area contributed by atoms with Crippen molar-refractivity contribution in [1.82, 2.24) is 4.72 Å². The minimum atomic E-state index is -3.77. The van der Waals surface area contributed by atoms with E-state index < -0.39 is 28.5 Å². The lowest BCUT2D eigenvalue weighted by Gasteiger charge is -2.06. The Labute approximate surface area is 164 Å². The van der Waals surface area contributed by atoms with Crippen molar-refractivity contribution < 1.29 is 27.5 Å². The Balaban J connectivity index is 1.81. The van der Waals surface area contributed by atoms with Crippen molar-refractivity contribution in [3.63, 3.8) is 0 Å². The van der Waals surface area contributed by atoms with Crippen LogP contribution < -0.4 is 4.72 Å². The molecular weight excluding hydrogens is 382 g/mol. The lowest BCUT2D eigenvalue weighted by molar-refractivity contribution is -0.143. The molecule has 0 heterocycles. The van der Waals surface area contributed by atoms with E-state index >= 15 is 0 Å². The minimum absolute atomic E-state index is 0.0405. The van der Waals surface area contributed by atoms with Gasteiger partial charge in [-0.3, -0.25) is 4.79 Å². The van der Waals surface area contributed by atoms with Gasteiger partial charge in [-0.25, -0.2) is 17.9 Å². The van der Waals surface area contributed by atoms with Crippen molar-refractivity contribution in [2.24, 2.45) is 0 Å². The number of aryl methyl sites for hydroxylation is 1. The number of nitrogens with one attached hydrogen (secondary N) is 1. The van der Waals surface area contributed by atoms with Crippen LogP contribution in [0.4, 0.5) is 0 Å². The molecule has 2 rings (SSSR count). The Morgan fingerprint density at radius 2 is 1.68 bits per heavy atom. The molecule has 0 aliphatic heterocycles. The zero-order valence-corrected chi connectivity index (χ0v) is 16.4. The Kier molecular flexibility index (Phi) is 7.48. The molecule has 0 amide bonds. The largest absolute Gasteiger partial charge is 0.465 e. The highest BCUT2D eigenvalue weighted by Crippen LogP contribution is 2.08. The molecule has 0 bridgehead atoms. The van der Waals surface area contributed by atoms with E-state index in [0.29, 0.717) is 11.1 Å². The van der Waals surface area contributed by atoms with Crippen molar-refractivity contribution in [3.8, 4) is 0 Å². The van der Waals surface area contributed by atoms with Gasteiger partial charge in [-0.15, -0.1) is 0 Å². The number of hydrogen-bond donors (Lipinski definition) is 1. The van der Waals surface area contributed by atoms with E-state index in [-0.39, 0.29) is 6.61 Å². The molecule has 2 aromatic rings. The quantitative estimate of drug-likeness (QED) is 0.680. The molecule has 0 unspecified atom stereocenters. The molecule has 0 saturated heterocycles. The molecule has 7 nitrogen and oxygen atoms in total. The van der Waals surface area contributed by atoms with Crippen LogP contribution in [0.2, 0.25) is 0 Å². The van der Waals surface area contributed by atoms with Crippen LogP contribution >= 0.6 is 0 Å². The second kappa shape index (κ2) is 9.82. The summed E-state index contributed by atoms with van der Waals surface area (Å²) in [6.45, 7) is 1.41. The van der Waals surface area contributed by atoms with Gasteiger partial charge in [-0.2, -0.15) is 0 Å². The zero-order chi connectivity index (χ0) is 20.6. The van der Waals surface area contributed by atoms with Crippen molar-refractivity contribution in [2.45, 2.75) is 13.5 Å². The van der Waals surface area contributed by atoms with Crippen molar-refractivity contribution in [2.75, 3.05) is 13.7 Å². The summed E-state index contributed by atoms with van der Waals surface area (Å²) >= 11 is 0. The lowest BCUT2D eigenvalue weighted by Crippen LogP contribution is -2.29. The number of esters is 2. The van der Waals surface area contributed by atoms with E-state index in [2.05, 4.69) is 9.46 Å². The van der Waals surface area contributed by atoms with Gasteiger partial charge in [0.1, 0.15) is 13.2 Å². The maximum absolute atomic E-state index is 11.9. The number of sulfonamides is 1. The molecule has 8 heteroatoms. The average molecular weight is 403 g/mol. The van der Waals surface area contributed by atoms with E-state index in [1.807, 2.05) is 19.1 Å². The topological polar surface area (TPSA) is 98.8 Å². The maximum Gasteiger partial charge on any atom is 0.337 e. The van der Waals surface area contributed by atoms with Crippen LogP contribution in [0.3, 0.4) is 0 Å². The van der Waals surface area contributed by atoms with Crippen LogP contribution in [0.5, 0.6) is 0 Å². The van der Waals surface area contributed by atoms with E-state index in [9.17, 15) is 18.0 Å². The van der Waals surface area contributed by atoms with E-state index in [1.54, 1.807) is 36.4 Å². The Bertz CT molecular complexity index is 947. The number of benzene rings is 2. The summed E-state index contributed by atoms with van der Waals surface area (Å²) in [4.78, 5) is 23.1. The summed E-state index contributed by atoms with van der Waals surface area (Å²) in [6.07, 6.45) is 1.44. The third-order valence-electron chi connectivity index (χ3n) is 3.71. The molecule has 0 aliphatic rings. The van der Waals surface area contributed by atoms with Gasteiger partial charge in [-0.1, -0.05) is 42.0 Å². The summed E-state index contributed by atoms with van der Waals surface area (Å²) < 4.78 is 35.6. The van der Waals surface area contributed by atoms with Crippen LogP contribution in [-0.4, -0.2) is 34.0 Å². The van der Waals surface area contributed by atoms with Gasteiger partial charge in [0.25, 0.3) is 0 Å². The molecule has 2 aromatic carbocycles. The first-order valence-corrected chi connectivity index (χ1v) is 9.91. The Morgan fingerprint density at radius 3 is 2.29 bits per heavy atom. The molecule has 0 aliphatic carbocycles. The van der Waals surface area contributed by atoms with Crippen molar-refractivity contribution >= 4 is 28.0 Å². The third-order valence-corrected chi connectivity index (χ3v) is 4.75. The first kappa shape index (κ1) is 21.3. The number of rotatable bonds is 8.